The molecule has 1 fully saturated rings. The molecule has 76 valence electrons. The number of ether oxygens (including phenoxy) is 1. The summed E-state index contributed by atoms with van der Waals surface area (Å²) in [5, 5.41) is 3.10. The molecule has 14 heavy (non-hydrogen) atoms. The summed E-state index contributed by atoms with van der Waals surface area (Å²) in [6.07, 6.45) is 0. The van der Waals surface area contributed by atoms with Crippen LogP contribution in [0, 0.1) is 5.82 Å². The Morgan fingerprint density at radius 2 is 2.21 bits per heavy atom. The van der Waals surface area contributed by atoms with E-state index in [0.29, 0.717) is 5.75 Å². The highest BCUT2D eigenvalue weighted by atomic mass is 79.9. The Morgan fingerprint density at radius 3 is 2.71 bits per heavy atom. The fourth-order valence-corrected chi connectivity index (χ4v) is 1.71. The largest absolute Gasteiger partial charge is 0.482 e. The Balaban J connectivity index is 2.16. The van der Waals surface area contributed by atoms with E-state index in [2.05, 4.69) is 21.2 Å². The van der Waals surface area contributed by atoms with Crippen LogP contribution in [0.5, 0.6) is 5.75 Å². The Labute approximate surface area is 90.6 Å². The topological polar surface area (TPSA) is 21.3 Å². The molecule has 1 aliphatic heterocycles. The van der Waals surface area contributed by atoms with Crippen molar-refractivity contribution in [2.24, 2.45) is 0 Å². The SMILES string of the molecule is CC1(Oc2ccc(Br)cc2F)CNC1. The minimum absolute atomic E-state index is 0.255. The van der Waals surface area contributed by atoms with Crippen LogP contribution in [0.3, 0.4) is 0 Å². The lowest BCUT2D eigenvalue weighted by molar-refractivity contribution is 0.0311. The molecule has 1 aromatic rings. The lowest BCUT2D eigenvalue weighted by atomic mass is 10.00. The van der Waals surface area contributed by atoms with Gasteiger partial charge in [-0.1, -0.05) is 15.9 Å². The number of benzene rings is 1. The summed E-state index contributed by atoms with van der Waals surface area (Å²) in [6, 6.07) is 4.82. The van der Waals surface area contributed by atoms with Crippen LogP contribution in [-0.2, 0) is 0 Å². The third-order valence-electron chi connectivity index (χ3n) is 2.25. The van der Waals surface area contributed by atoms with Gasteiger partial charge in [-0.3, -0.25) is 0 Å². The zero-order valence-corrected chi connectivity index (χ0v) is 9.40. The van der Waals surface area contributed by atoms with E-state index in [-0.39, 0.29) is 11.4 Å². The number of hydrogen-bond donors (Lipinski definition) is 1. The van der Waals surface area contributed by atoms with Gasteiger partial charge >= 0.3 is 0 Å². The van der Waals surface area contributed by atoms with Crippen molar-refractivity contribution >= 4 is 15.9 Å². The summed E-state index contributed by atoms with van der Waals surface area (Å²) in [7, 11) is 0. The van der Waals surface area contributed by atoms with Gasteiger partial charge in [-0.05, 0) is 25.1 Å². The van der Waals surface area contributed by atoms with Gasteiger partial charge in [0.1, 0.15) is 5.60 Å². The number of hydrogen-bond acceptors (Lipinski definition) is 2. The zero-order chi connectivity index (χ0) is 10.2. The molecule has 2 nitrogen and oxygen atoms in total. The summed E-state index contributed by atoms with van der Waals surface area (Å²) in [5.74, 6) is -0.00954. The van der Waals surface area contributed by atoms with Crippen molar-refractivity contribution in [3.8, 4) is 5.75 Å². The van der Waals surface area contributed by atoms with Crippen molar-refractivity contribution in [1.82, 2.24) is 5.32 Å². The molecule has 0 amide bonds. The zero-order valence-electron chi connectivity index (χ0n) is 7.81. The number of halogens is 2. The average molecular weight is 260 g/mol. The normalized spacial score (nSPS) is 18.8. The van der Waals surface area contributed by atoms with E-state index in [0.717, 1.165) is 17.6 Å². The third-order valence-corrected chi connectivity index (χ3v) is 2.74. The monoisotopic (exact) mass is 259 g/mol. The first-order chi connectivity index (χ1) is 6.59. The van der Waals surface area contributed by atoms with Crippen LogP contribution < -0.4 is 10.1 Å². The fourth-order valence-electron chi connectivity index (χ4n) is 1.37. The fraction of sp³-hybridized carbons (Fsp3) is 0.400. The smallest absolute Gasteiger partial charge is 0.166 e. The van der Waals surface area contributed by atoms with E-state index in [1.807, 2.05) is 6.92 Å². The summed E-state index contributed by atoms with van der Waals surface area (Å²) >= 11 is 3.20. The Kier molecular flexibility index (Phi) is 2.49. The van der Waals surface area contributed by atoms with E-state index >= 15 is 0 Å². The predicted octanol–water partition coefficient (Wildman–Crippen LogP) is 2.33. The van der Waals surface area contributed by atoms with Crippen LogP contribution in [0.1, 0.15) is 6.92 Å². The quantitative estimate of drug-likeness (QED) is 0.881. The maximum absolute atomic E-state index is 13.4. The van der Waals surface area contributed by atoms with Gasteiger partial charge in [0.15, 0.2) is 11.6 Å². The van der Waals surface area contributed by atoms with Crippen LogP contribution in [0.4, 0.5) is 4.39 Å². The van der Waals surface area contributed by atoms with Crippen molar-refractivity contribution in [3.05, 3.63) is 28.5 Å². The van der Waals surface area contributed by atoms with Gasteiger partial charge in [0.25, 0.3) is 0 Å². The van der Waals surface area contributed by atoms with Crippen molar-refractivity contribution in [1.29, 1.82) is 0 Å². The van der Waals surface area contributed by atoms with E-state index in [9.17, 15) is 4.39 Å². The van der Waals surface area contributed by atoms with Gasteiger partial charge in [-0.15, -0.1) is 0 Å². The highest BCUT2D eigenvalue weighted by Crippen LogP contribution is 2.26. The molecule has 0 aliphatic carbocycles. The summed E-state index contributed by atoms with van der Waals surface area (Å²) in [4.78, 5) is 0. The van der Waals surface area contributed by atoms with Gasteiger partial charge < -0.3 is 10.1 Å². The Morgan fingerprint density at radius 1 is 1.50 bits per heavy atom. The molecule has 4 heteroatoms. The predicted molar refractivity (Wildman–Crippen MR) is 56.0 cm³/mol. The molecule has 0 aromatic heterocycles. The molecule has 0 atom stereocenters. The van der Waals surface area contributed by atoms with E-state index in [1.54, 1.807) is 12.1 Å². The molecule has 1 heterocycles. The van der Waals surface area contributed by atoms with E-state index < -0.39 is 0 Å². The molecule has 0 spiro atoms. The summed E-state index contributed by atoms with van der Waals surface area (Å²) in [5.41, 5.74) is -0.255. The molecule has 0 bridgehead atoms. The maximum Gasteiger partial charge on any atom is 0.166 e. The minimum atomic E-state index is -0.326. The number of nitrogens with one attached hydrogen (secondary N) is 1. The molecule has 1 aliphatic rings. The second kappa shape index (κ2) is 3.51. The third kappa shape index (κ3) is 1.91. The second-order valence-corrected chi connectivity index (χ2v) is 4.65. The molecule has 1 saturated heterocycles. The van der Waals surface area contributed by atoms with E-state index in [1.165, 1.54) is 6.07 Å². The number of rotatable bonds is 2. The first kappa shape index (κ1) is 9.93. The Hall–Kier alpha value is -0.610. The van der Waals surface area contributed by atoms with Gasteiger partial charge in [0, 0.05) is 17.6 Å². The lowest BCUT2D eigenvalue weighted by Crippen LogP contribution is -2.61. The molecule has 1 N–H and O–H groups in total. The molecule has 0 saturated carbocycles. The average Bonchev–Trinajstić information content (AvgIpc) is 2.07. The first-order valence-corrected chi connectivity index (χ1v) is 5.23. The molecule has 2 rings (SSSR count). The minimum Gasteiger partial charge on any atom is -0.482 e. The highest BCUT2D eigenvalue weighted by molar-refractivity contribution is 9.10. The van der Waals surface area contributed by atoms with Gasteiger partial charge in [-0.25, -0.2) is 4.39 Å². The van der Waals surface area contributed by atoms with Gasteiger partial charge in [0.05, 0.1) is 0 Å². The van der Waals surface area contributed by atoms with E-state index in [4.69, 9.17) is 4.74 Å². The molecular weight excluding hydrogens is 249 g/mol. The van der Waals surface area contributed by atoms with Crippen LogP contribution in [-0.4, -0.2) is 18.7 Å². The maximum atomic E-state index is 13.4. The lowest BCUT2D eigenvalue weighted by Gasteiger charge is -2.39. The van der Waals surface area contributed by atoms with Gasteiger partial charge in [0.2, 0.25) is 0 Å². The molecular formula is C10H11BrFNO. The van der Waals surface area contributed by atoms with Crippen LogP contribution in [0.25, 0.3) is 0 Å². The van der Waals surface area contributed by atoms with Crippen molar-refractivity contribution in [2.75, 3.05) is 13.1 Å². The van der Waals surface area contributed by atoms with Crippen LogP contribution in [0.2, 0.25) is 0 Å². The van der Waals surface area contributed by atoms with Crippen molar-refractivity contribution < 1.29 is 9.13 Å². The van der Waals surface area contributed by atoms with Crippen molar-refractivity contribution in [3.63, 3.8) is 0 Å². The summed E-state index contributed by atoms with van der Waals surface area (Å²) in [6.45, 7) is 3.50. The van der Waals surface area contributed by atoms with Gasteiger partial charge in [-0.2, -0.15) is 0 Å². The van der Waals surface area contributed by atoms with Crippen LogP contribution in [0.15, 0.2) is 22.7 Å². The summed E-state index contributed by atoms with van der Waals surface area (Å²) < 4.78 is 19.7. The molecule has 0 unspecified atom stereocenters. The Bertz CT molecular complexity index is 352. The molecule has 1 aromatic carbocycles. The van der Waals surface area contributed by atoms with Crippen LogP contribution >= 0.6 is 15.9 Å². The van der Waals surface area contributed by atoms with Crippen molar-refractivity contribution in [2.45, 2.75) is 12.5 Å². The highest BCUT2D eigenvalue weighted by Gasteiger charge is 2.34. The molecule has 0 radical (unpaired) electrons. The standard InChI is InChI=1S/C10H11BrFNO/c1-10(5-13-6-10)14-9-3-2-7(11)4-8(9)12/h2-4,13H,5-6H2,1H3. The second-order valence-electron chi connectivity index (χ2n) is 3.73. The first-order valence-electron chi connectivity index (χ1n) is 4.44.